The highest BCUT2D eigenvalue weighted by Crippen LogP contribution is 2.22. The van der Waals surface area contributed by atoms with Crippen LogP contribution in [-0.4, -0.2) is 22.2 Å². The summed E-state index contributed by atoms with van der Waals surface area (Å²) < 4.78 is 0. The van der Waals surface area contributed by atoms with Gasteiger partial charge in [0.1, 0.15) is 0 Å². The van der Waals surface area contributed by atoms with E-state index in [0.29, 0.717) is 0 Å². The zero-order valence-corrected chi connectivity index (χ0v) is 8.65. The van der Waals surface area contributed by atoms with E-state index in [1.165, 1.54) is 6.08 Å². The molecule has 0 saturated heterocycles. The van der Waals surface area contributed by atoms with Gasteiger partial charge in [-0.1, -0.05) is 32.9 Å². The van der Waals surface area contributed by atoms with Crippen LogP contribution in [-0.2, 0) is 9.59 Å². The average molecular weight is 200 g/mol. The third-order valence-corrected chi connectivity index (χ3v) is 2.18. The molecule has 0 aliphatic carbocycles. The van der Waals surface area contributed by atoms with Gasteiger partial charge in [0.25, 0.3) is 0 Å². The molecule has 0 aliphatic heterocycles. The van der Waals surface area contributed by atoms with Crippen molar-refractivity contribution in [1.82, 2.24) is 0 Å². The van der Waals surface area contributed by atoms with Crippen LogP contribution in [0.15, 0.2) is 12.2 Å². The maximum absolute atomic E-state index is 10.5. The van der Waals surface area contributed by atoms with E-state index in [4.69, 9.17) is 10.2 Å². The molecule has 0 aromatic rings. The van der Waals surface area contributed by atoms with Crippen LogP contribution in [0.4, 0.5) is 0 Å². The van der Waals surface area contributed by atoms with Crippen LogP contribution in [0.3, 0.4) is 0 Å². The van der Waals surface area contributed by atoms with Crippen LogP contribution < -0.4 is 0 Å². The van der Waals surface area contributed by atoms with Gasteiger partial charge in [-0.25, -0.2) is 0 Å². The number of carboxylic acid groups (broad SMARTS) is 2. The summed E-state index contributed by atoms with van der Waals surface area (Å²) in [5, 5.41) is 17.2. The van der Waals surface area contributed by atoms with Crippen molar-refractivity contribution >= 4 is 11.9 Å². The molecular formula is C10H16O4. The second-order valence-electron chi connectivity index (χ2n) is 3.86. The van der Waals surface area contributed by atoms with Crippen molar-refractivity contribution in [2.75, 3.05) is 0 Å². The summed E-state index contributed by atoms with van der Waals surface area (Å²) in [5.74, 6) is -4.11. The summed E-state index contributed by atoms with van der Waals surface area (Å²) in [6.45, 7) is 5.80. The zero-order chi connectivity index (χ0) is 11.4. The summed E-state index contributed by atoms with van der Waals surface area (Å²) in [6.07, 6.45) is 3.70. The number of aliphatic carboxylic acids is 2. The fourth-order valence-corrected chi connectivity index (χ4v) is 0.745. The highest BCUT2D eigenvalue weighted by Gasteiger charge is 2.23. The van der Waals surface area contributed by atoms with Crippen molar-refractivity contribution in [3.8, 4) is 0 Å². The first-order valence-electron chi connectivity index (χ1n) is 4.45. The second kappa shape index (κ2) is 4.79. The Morgan fingerprint density at radius 2 is 1.71 bits per heavy atom. The van der Waals surface area contributed by atoms with E-state index in [1.807, 2.05) is 20.8 Å². The lowest BCUT2D eigenvalue weighted by molar-refractivity contribution is -0.151. The van der Waals surface area contributed by atoms with Crippen LogP contribution in [0, 0.1) is 11.3 Å². The number of carboxylic acids is 2. The Kier molecular flexibility index (Phi) is 4.34. The van der Waals surface area contributed by atoms with Crippen LogP contribution in [0.25, 0.3) is 0 Å². The monoisotopic (exact) mass is 200 g/mol. The van der Waals surface area contributed by atoms with E-state index < -0.39 is 17.9 Å². The number of allylic oxidation sites excluding steroid dienone is 1. The van der Waals surface area contributed by atoms with Gasteiger partial charge in [-0.2, -0.15) is 0 Å². The van der Waals surface area contributed by atoms with Gasteiger partial charge in [0, 0.05) is 0 Å². The van der Waals surface area contributed by atoms with Crippen molar-refractivity contribution in [3.63, 3.8) is 0 Å². The Labute approximate surface area is 83.2 Å². The van der Waals surface area contributed by atoms with E-state index in [1.54, 1.807) is 6.08 Å². The first-order chi connectivity index (χ1) is 6.30. The molecule has 0 saturated carbocycles. The van der Waals surface area contributed by atoms with E-state index in [2.05, 4.69) is 0 Å². The van der Waals surface area contributed by atoms with Gasteiger partial charge in [-0.3, -0.25) is 9.59 Å². The Morgan fingerprint density at radius 1 is 1.29 bits per heavy atom. The molecule has 0 rings (SSSR count). The summed E-state index contributed by atoms with van der Waals surface area (Å²) in [6, 6.07) is 0. The lowest BCUT2D eigenvalue weighted by atomic mass is 9.88. The molecule has 0 aromatic heterocycles. The van der Waals surface area contributed by atoms with Crippen molar-refractivity contribution in [2.24, 2.45) is 11.3 Å². The van der Waals surface area contributed by atoms with Gasteiger partial charge in [0.05, 0.1) is 0 Å². The molecule has 0 aliphatic rings. The third-order valence-electron chi connectivity index (χ3n) is 2.18. The normalized spacial score (nSPS) is 12.3. The first kappa shape index (κ1) is 12.7. The fourth-order valence-electron chi connectivity index (χ4n) is 0.745. The molecule has 4 heteroatoms. The Balaban J connectivity index is 4.61. The van der Waals surface area contributed by atoms with Gasteiger partial charge in [-0.05, 0) is 11.8 Å². The Morgan fingerprint density at radius 3 is 2.00 bits per heavy atom. The van der Waals surface area contributed by atoms with Crippen molar-refractivity contribution in [3.05, 3.63) is 12.2 Å². The smallest absolute Gasteiger partial charge is 0.321 e. The molecule has 0 spiro atoms. The van der Waals surface area contributed by atoms with Crippen LogP contribution in [0.5, 0.6) is 0 Å². The molecule has 2 N–H and O–H groups in total. The van der Waals surface area contributed by atoms with Crippen LogP contribution >= 0.6 is 0 Å². The van der Waals surface area contributed by atoms with Gasteiger partial charge >= 0.3 is 11.9 Å². The molecule has 0 bridgehead atoms. The van der Waals surface area contributed by atoms with Gasteiger partial charge < -0.3 is 10.2 Å². The zero-order valence-electron chi connectivity index (χ0n) is 8.65. The molecule has 0 atom stereocenters. The minimum Gasteiger partial charge on any atom is -0.480 e. The summed E-state index contributed by atoms with van der Waals surface area (Å²) in [4.78, 5) is 21.0. The molecule has 4 nitrogen and oxygen atoms in total. The third kappa shape index (κ3) is 4.07. The lowest BCUT2D eigenvalue weighted by Crippen LogP contribution is -2.21. The van der Waals surface area contributed by atoms with E-state index in [-0.39, 0.29) is 5.41 Å². The maximum atomic E-state index is 10.5. The Hall–Kier alpha value is -1.32. The molecule has 0 heterocycles. The number of hydrogen-bond acceptors (Lipinski definition) is 2. The minimum atomic E-state index is -1.44. The van der Waals surface area contributed by atoms with Crippen LogP contribution in [0.2, 0.25) is 0 Å². The largest absolute Gasteiger partial charge is 0.480 e. The predicted molar refractivity (Wildman–Crippen MR) is 52.0 cm³/mol. The number of carbonyl (C=O) groups is 2. The standard InChI is InChI=1S/C10H16O4/c1-4-10(2,3)6-5-7(8(11)12)9(13)14/h5-7H,4H2,1-3H3,(H,11,12)(H,13,14). The highest BCUT2D eigenvalue weighted by molar-refractivity contribution is 5.94. The van der Waals surface area contributed by atoms with Crippen LogP contribution in [0.1, 0.15) is 27.2 Å². The molecule has 0 fully saturated rings. The molecule has 0 radical (unpaired) electrons. The van der Waals surface area contributed by atoms with Crippen molar-refractivity contribution < 1.29 is 19.8 Å². The molecule has 0 aromatic carbocycles. The summed E-state index contributed by atoms with van der Waals surface area (Å²) >= 11 is 0. The van der Waals surface area contributed by atoms with E-state index >= 15 is 0 Å². The van der Waals surface area contributed by atoms with Gasteiger partial charge in [0.2, 0.25) is 0 Å². The molecule has 0 unspecified atom stereocenters. The van der Waals surface area contributed by atoms with Gasteiger partial charge in [-0.15, -0.1) is 0 Å². The fraction of sp³-hybridized carbons (Fsp3) is 0.600. The molecule has 0 amide bonds. The quantitative estimate of drug-likeness (QED) is 0.524. The minimum absolute atomic E-state index is 0.164. The number of hydrogen-bond donors (Lipinski definition) is 2. The first-order valence-corrected chi connectivity index (χ1v) is 4.45. The molecule has 14 heavy (non-hydrogen) atoms. The van der Waals surface area contributed by atoms with Gasteiger partial charge in [0.15, 0.2) is 5.92 Å². The Bertz CT molecular complexity index is 239. The van der Waals surface area contributed by atoms with Crippen molar-refractivity contribution in [1.29, 1.82) is 0 Å². The highest BCUT2D eigenvalue weighted by atomic mass is 16.4. The summed E-state index contributed by atoms with van der Waals surface area (Å²) in [7, 11) is 0. The molecule has 80 valence electrons. The predicted octanol–water partition coefficient (Wildman–Crippen LogP) is 1.76. The lowest BCUT2D eigenvalue weighted by Gasteiger charge is -2.17. The topological polar surface area (TPSA) is 74.6 Å². The average Bonchev–Trinajstić information content (AvgIpc) is 2.03. The van der Waals surface area contributed by atoms with E-state index in [9.17, 15) is 9.59 Å². The maximum Gasteiger partial charge on any atom is 0.321 e. The number of rotatable bonds is 5. The van der Waals surface area contributed by atoms with E-state index in [0.717, 1.165) is 6.42 Å². The SMILES string of the molecule is CCC(C)(C)C=CC(C(=O)O)C(=O)O. The summed E-state index contributed by atoms with van der Waals surface area (Å²) in [5.41, 5.74) is -0.164. The molecular weight excluding hydrogens is 184 g/mol. The van der Waals surface area contributed by atoms with Crippen molar-refractivity contribution in [2.45, 2.75) is 27.2 Å². The second-order valence-corrected chi connectivity index (χ2v) is 3.86.